The highest BCUT2D eigenvalue weighted by Gasteiger charge is 2.19. The summed E-state index contributed by atoms with van der Waals surface area (Å²) in [5.74, 6) is -0.890. The average molecular weight is 996 g/mol. The molecule has 0 aliphatic carbocycles. The first-order chi connectivity index (χ1) is 35.0. The van der Waals surface area contributed by atoms with Gasteiger partial charge in [-0.25, -0.2) is 0 Å². The van der Waals surface area contributed by atoms with Crippen molar-refractivity contribution in [2.45, 2.75) is 335 Å². The highest BCUT2D eigenvalue weighted by Crippen LogP contribution is 2.17. The summed E-state index contributed by atoms with van der Waals surface area (Å²) in [7, 11) is 0. The van der Waals surface area contributed by atoms with Gasteiger partial charge >= 0.3 is 17.9 Å². The van der Waals surface area contributed by atoms with Crippen LogP contribution in [0.4, 0.5) is 0 Å². The van der Waals surface area contributed by atoms with E-state index in [0.717, 1.165) is 83.5 Å². The Hall–Kier alpha value is -2.63. The summed E-state index contributed by atoms with van der Waals surface area (Å²) in [6, 6.07) is 0. The second-order valence-corrected chi connectivity index (χ2v) is 21.0. The zero-order valence-corrected chi connectivity index (χ0v) is 47.5. The molecule has 0 unspecified atom stereocenters. The van der Waals surface area contributed by atoms with E-state index < -0.39 is 6.10 Å². The van der Waals surface area contributed by atoms with Crippen LogP contribution in [-0.2, 0) is 28.6 Å². The highest BCUT2D eigenvalue weighted by atomic mass is 16.6. The molecule has 0 aromatic carbocycles. The number of hydrogen-bond acceptors (Lipinski definition) is 6. The molecule has 0 N–H and O–H groups in total. The molecule has 0 saturated carbocycles. The number of hydrogen-bond donors (Lipinski definition) is 0. The zero-order valence-electron chi connectivity index (χ0n) is 47.5. The summed E-state index contributed by atoms with van der Waals surface area (Å²) in [6.07, 6.45) is 74.0. The number of rotatable bonds is 57. The molecule has 0 bridgehead atoms. The van der Waals surface area contributed by atoms with E-state index in [-0.39, 0.29) is 31.1 Å². The summed E-state index contributed by atoms with van der Waals surface area (Å²) in [5.41, 5.74) is 0. The third-order valence-electron chi connectivity index (χ3n) is 13.8. The van der Waals surface area contributed by atoms with Crippen LogP contribution < -0.4 is 0 Å². The summed E-state index contributed by atoms with van der Waals surface area (Å²) in [4.78, 5) is 38.2. The third kappa shape index (κ3) is 58.1. The lowest BCUT2D eigenvalue weighted by Gasteiger charge is -2.18. The van der Waals surface area contributed by atoms with Gasteiger partial charge in [-0.1, -0.05) is 294 Å². The minimum atomic E-state index is -0.783. The molecule has 71 heavy (non-hydrogen) atoms. The van der Waals surface area contributed by atoms with Crippen LogP contribution in [0.2, 0.25) is 0 Å². The maximum absolute atomic E-state index is 12.9. The Morgan fingerprint density at radius 3 is 0.817 bits per heavy atom. The summed E-state index contributed by atoms with van der Waals surface area (Å²) < 4.78 is 16.9. The molecule has 6 nitrogen and oxygen atoms in total. The van der Waals surface area contributed by atoms with Crippen molar-refractivity contribution in [3.8, 4) is 0 Å². The van der Waals surface area contributed by atoms with Gasteiger partial charge < -0.3 is 14.2 Å². The van der Waals surface area contributed by atoms with Crippen molar-refractivity contribution in [1.29, 1.82) is 0 Å². The molecule has 0 aromatic heterocycles. The Morgan fingerprint density at radius 1 is 0.282 bits per heavy atom. The fourth-order valence-corrected chi connectivity index (χ4v) is 9.13. The molecule has 0 rings (SSSR count). The van der Waals surface area contributed by atoms with E-state index in [1.807, 2.05) is 0 Å². The largest absolute Gasteiger partial charge is 0.462 e. The second kappa shape index (κ2) is 59.9. The van der Waals surface area contributed by atoms with Gasteiger partial charge in [0, 0.05) is 19.3 Å². The lowest BCUT2D eigenvalue weighted by Crippen LogP contribution is -2.30. The zero-order chi connectivity index (χ0) is 51.4. The van der Waals surface area contributed by atoms with E-state index in [2.05, 4.69) is 69.4 Å². The predicted molar refractivity (Wildman–Crippen MR) is 307 cm³/mol. The Balaban J connectivity index is 4.33. The first kappa shape index (κ1) is 68.4. The first-order valence-electron chi connectivity index (χ1n) is 31.1. The molecular weight excluding hydrogens is 877 g/mol. The summed E-state index contributed by atoms with van der Waals surface area (Å²) >= 11 is 0. The summed E-state index contributed by atoms with van der Waals surface area (Å²) in [6.45, 7) is 6.63. The Bertz CT molecular complexity index is 1230. The van der Waals surface area contributed by atoms with Gasteiger partial charge in [-0.15, -0.1) is 0 Å². The van der Waals surface area contributed by atoms with Crippen molar-refractivity contribution in [3.05, 3.63) is 48.6 Å². The number of allylic oxidation sites excluding steroid dienone is 8. The smallest absolute Gasteiger partial charge is 0.306 e. The van der Waals surface area contributed by atoms with Gasteiger partial charge in [-0.05, 0) is 64.2 Å². The van der Waals surface area contributed by atoms with Gasteiger partial charge in [-0.2, -0.15) is 0 Å². The molecule has 0 fully saturated rings. The first-order valence-corrected chi connectivity index (χ1v) is 31.1. The van der Waals surface area contributed by atoms with Crippen LogP contribution in [0.25, 0.3) is 0 Å². The monoisotopic (exact) mass is 995 g/mol. The van der Waals surface area contributed by atoms with Crippen molar-refractivity contribution in [2.75, 3.05) is 13.2 Å². The van der Waals surface area contributed by atoms with E-state index >= 15 is 0 Å². The van der Waals surface area contributed by atoms with Gasteiger partial charge in [0.15, 0.2) is 6.10 Å². The van der Waals surface area contributed by atoms with Crippen molar-refractivity contribution < 1.29 is 28.6 Å². The van der Waals surface area contributed by atoms with E-state index in [4.69, 9.17) is 14.2 Å². The van der Waals surface area contributed by atoms with Crippen molar-refractivity contribution in [3.63, 3.8) is 0 Å². The number of carbonyl (C=O) groups excluding carboxylic acids is 3. The number of carbonyl (C=O) groups is 3. The topological polar surface area (TPSA) is 78.9 Å². The fourth-order valence-electron chi connectivity index (χ4n) is 9.13. The molecule has 0 heterocycles. The van der Waals surface area contributed by atoms with Crippen LogP contribution in [0, 0.1) is 0 Å². The highest BCUT2D eigenvalue weighted by molar-refractivity contribution is 5.71. The number of ether oxygens (including phenoxy) is 3. The summed E-state index contributed by atoms with van der Waals surface area (Å²) in [5, 5.41) is 0. The maximum atomic E-state index is 12.9. The van der Waals surface area contributed by atoms with E-state index in [1.54, 1.807) is 0 Å². The molecule has 414 valence electrons. The van der Waals surface area contributed by atoms with Crippen molar-refractivity contribution in [1.82, 2.24) is 0 Å². The van der Waals surface area contributed by atoms with Gasteiger partial charge in [-0.3, -0.25) is 14.4 Å². The van der Waals surface area contributed by atoms with Crippen LogP contribution >= 0.6 is 0 Å². The van der Waals surface area contributed by atoms with Gasteiger partial charge in [0.1, 0.15) is 13.2 Å². The van der Waals surface area contributed by atoms with Crippen LogP contribution in [-0.4, -0.2) is 37.2 Å². The standard InChI is InChI=1S/C65H118O6/c1-4-7-10-13-16-19-22-25-27-29-31-32-34-36-38-41-43-46-49-52-55-58-64(67)70-61-62(71-65(68)59-56-53-50-47-44-39-24-21-18-15-12-9-6-3)60-69-63(66)57-54-51-48-45-42-40-37-35-33-30-28-26-23-20-17-14-11-8-5-2/h17,20,26,28,33,35,40,42,62H,4-16,18-19,21-25,27,29-32,34,36-39,41,43-61H2,1-3H3/b20-17-,28-26-,35-33-,42-40-/t62-/m1/s1. The SMILES string of the molecule is CCCCC/C=C\C/C=C\C/C=C\C/C=C\CCCCCC(=O)OC[C@H](COC(=O)CCCCCCCCCCCCCCCCCCCCCCC)OC(=O)CCCCCCCCCCCCCCC. The lowest BCUT2D eigenvalue weighted by atomic mass is 10.0. The number of esters is 3. The third-order valence-corrected chi connectivity index (χ3v) is 13.8. The van der Waals surface area contributed by atoms with Gasteiger partial charge in [0.25, 0.3) is 0 Å². The second-order valence-electron chi connectivity index (χ2n) is 21.0. The van der Waals surface area contributed by atoms with Crippen LogP contribution in [0.15, 0.2) is 48.6 Å². The number of unbranched alkanes of at least 4 members (excludes halogenated alkanes) is 38. The molecule has 0 radical (unpaired) electrons. The Kier molecular flexibility index (Phi) is 57.7. The average Bonchev–Trinajstić information content (AvgIpc) is 3.37. The minimum absolute atomic E-state index is 0.0786. The predicted octanol–water partition coefficient (Wildman–Crippen LogP) is 21.0. The van der Waals surface area contributed by atoms with Gasteiger partial charge in [0.2, 0.25) is 0 Å². The molecular formula is C65H118O6. The maximum Gasteiger partial charge on any atom is 0.306 e. The Labute approximate surface area is 441 Å². The molecule has 0 spiro atoms. The van der Waals surface area contributed by atoms with Crippen LogP contribution in [0.1, 0.15) is 329 Å². The fraction of sp³-hybridized carbons (Fsp3) is 0.831. The van der Waals surface area contributed by atoms with E-state index in [0.29, 0.717) is 19.3 Å². The molecule has 0 amide bonds. The van der Waals surface area contributed by atoms with E-state index in [9.17, 15) is 14.4 Å². The molecule has 0 aliphatic rings. The van der Waals surface area contributed by atoms with Crippen LogP contribution in [0.5, 0.6) is 0 Å². The van der Waals surface area contributed by atoms with E-state index in [1.165, 1.54) is 205 Å². The minimum Gasteiger partial charge on any atom is -0.462 e. The Morgan fingerprint density at radius 2 is 0.507 bits per heavy atom. The molecule has 1 atom stereocenters. The molecule has 0 aliphatic heterocycles. The molecule has 0 saturated heterocycles. The van der Waals surface area contributed by atoms with Crippen molar-refractivity contribution in [2.24, 2.45) is 0 Å². The quantitative estimate of drug-likeness (QED) is 0.0261. The van der Waals surface area contributed by atoms with Gasteiger partial charge in [0.05, 0.1) is 0 Å². The van der Waals surface area contributed by atoms with Crippen molar-refractivity contribution >= 4 is 17.9 Å². The molecule has 6 heteroatoms. The molecule has 0 aromatic rings. The lowest BCUT2D eigenvalue weighted by molar-refractivity contribution is -0.167. The van der Waals surface area contributed by atoms with Crippen LogP contribution in [0.3, 0.4) is 0 Å². The normalized spacial score (nSPS) is 12.3.